The van der Waals surface area contributed by atoms with Crippen LogP contribution in [0.5, 0.6) is 0 Å². The van der Waals surface area contributed by atoms with Gasteiger partial charge in [0.05, 0.1) is 0 Å². The Kier molecular flexibility index (Phi) is 2.86. The number of hydrogen-bond donors (Lipinski definition) is 0. The molecular formula is C12H16O. The lowest BCUT2D eigenvalue weighted by Gasteiger charge is -2.16. The summed E-state index contributed by atoms with van der Waals surface area (Å²) in [5.41, 5.74) is 2.24. The van der Waals surface area contributed by atoms with E-state index in [2.05, 4.69) is 25.1 Å². The number of hydrogen-bond acceptors (Lipinski definition) is 1. The SMILES string of the molecule is Cc1cccc(CC(C)(C)C=O)c1. The minimum Gasteiger partial charge on any atom is -0.303 e. The fraction of sp³-hybridized carbons (Fsp3) is 0.417. The molecule has 0 saturated carbocycles. The van der Waals surface area contributed by atoms with E-state index in [0.29, 0.717) is 0 Å². The molecule has 0 aliphatic rings. The van der Waals surface area contributed by atoms with Crippen LogP contribution in [0, 0.1) is 12.3 Å². The molecule has 1 heteroatoms. The van der Waals surface area contributed by atoms with Crippen LogP contribution in [0.2, 0.25) is 0 Å². The van der Waals surface area contributed by atoms with Crippen LogP contribution in [-0.2, 0) is 11.2 Å². The van der Waals surface area contributed by atoms with Gasteiger partial charge in [-0.25, -0.2) is 0 Å². The third-order valence-corrected chi connectivity index (χ3v) is 2.06. The molecule has 0 amide bonds. The quantitative estimate of drug-likeness (QED) is 0.647. The van der Waals surface area contributed by atoms with Gasteiger partial charge in [0.2, 0.25) is 0 Å². The lowest BCUT2D eigenvalue weighted by atomic mass is 9.87. The van der Waals surface area contributed by atoms with Crippen molar-refractivity contribution in [2.75, 3.05) is 0 Å². The van der Waals surface area contributed by atoms with E-state index in [-0.39, 0.29) is 5.41 Å². The molecule has 1 aromatic rings. The Labute approximate surface area is 79.8 Å². The fourth-order valence-electron chi connectivity index (χ4n) is 1.39. The number of carbonyl (C=O) groups is 1. The Morgan fingerprint density at radius 1 is 1.38 bits per heavy atom. The van der Waals surface area contributed by atoms with Crippen LogP contribution < -0.4 is 0 Å². The first-order valence-electron chi connectivity index (χ1n) is 4.55. The van der Waals surface area contributed by atoms with Crippen LogP contribution in [0.25, 0.3) is 0 Å². The monoisotopic (exact) mass is 176 g/mol. The van der Waals surface area contributed by atoms with Gasteiger partial charge < -0.3 is 4.79 Å². The van der Waals surface area contributed by atoms with Crippen molar-refractivity contribution in [2.45, 2.75) is 27.2 Å². The van der Waals surface area contributed by atoms with E-state index in [1.807, 2.05) is 19.9 Å². The van der Waals surface area contributed by atoms with Crippen LogP contribution in [-0.4, -0.2) is 6.29 Å². The zero-order chi connectivity index (χ0) is 9.90. The average molecular weight is 176 g/mol. The summed E-state index contributed by atoms with van der Waals surface area (Å²) in [5, 5.41) is 0. The van der Waals surface area contributed by atoms with Gasteiger partial charge >= 0.3 is 0 Å². The molecule has 0 aromatic heterocycles. The highest BCUT2D eigenvalue weighted by Gasteiger charge is 2.16. The zero-order valence-electron chi connectivity index (χ0n) is 8.50. The molecule has 0 N–H and O–H groups in total. The van der Waals surface area contributed by atoms with Crippen LogP contribution in [0.4, 0.5) is 0 Å². The second kappa shape index (κ2) is 3.73. The van der Waals surface area contributed by atoms with Crippen molar-refractivity contribution in [2.24, 2.45) is 5.41 Å². The van der Waals surface area contributed by atoms with E-state index in [1.54, 1.807) is 0 Å². The minimum atomic E-state index is -0.242. The molecule has 0 atom stereocenters. The first-order valence-corrected chi connectivity index (χ1v) is 4.55. The Morgan fingerprint density at radius 3 is 2.62 bits per heavy atom. The normalized spacial score (nSPS) is 11.3. The Hall–Kier alpha value is -1.11. The molecule has 0 aliphatic heterocycles. The van der Waals surface area contributed by atoms with E-state index in [9.17, 15) is 4.79 Å². The predicted octanol–water partition coefficient (Wildman–Crippen LogP) is 2.76. The molecular weight excluding hydrogens is 160 g/mol. The van der Waals surface area contributed by atoms with Crippen molar-refractivity contribution < 1.29 is 4.79 Å². The van der Waals surface area contributed by atoms with Gasteiger partial charge in [0, 0.05) is 5.41 Å². The summed E-state index contributed by atoms with van der Waals surface area (Å²) < 4.78 is 0. The first-order chi connectivity index (χ1) is 6.03. The van der Waals surface area contributed by atoms with Crippen molar-refractivity contribution in [3.05, 3.63) is 35.4 Å². The number of rotatable bonds is 3. The van der Waals surface area contributed by atoms with Gasteiger partial charge in [-0.3, -0.25) is 0 Å². The second-order valence-corrected chi connectivity index (χ2v) is 4.27. The van der Waals surface area contributed by atoms with Gasteiger partial charge in [0.15, 0.2) is 0 Å². The summed E-state index contributed by atoms with van der Waals surface area (Å²) in [4.78, 5) is 10.7. The lowest BCUT2D eigenvalue weighted by Crippen LogP contribution is -2.16. The zero-order valence-corrected chi connectivity index (χ0v) is 8.50. The third kappa shape index (κ3) is 3.02. The predicted molar refractivity (Wildman–Crippen MR) is 54.7 cm³/mol. The highest BCUT2D eigenvalue weighted by Crippen LogP contribution is 2.19. The van der Waals surface area contributed by atoms with Crippen LogP contribution in [0.3, 0.4) is 0 Å². The maximum absolute atomic E-state index is 10.7. The lowest BCUT2D eigenvalue weighted by molar-refractivity contribution is -0.114. The summed E-state index contributed by atoms with van der Waals surface area (Å²) in [5.74, 6) is 0. The molecule has 0 spiro atoms. The summed E-state index contributed by atoms with van der Waals surface area (Å²) in [6.07, 6.45) is 1.84. The van der Waals surface area contributed by atoms with E-state index < -0.39 is 0 Å². The van der Waals surface area contributed by atoms with Gasteiger partial charge in [-0.1, -0.05) is 43.7 Å². The first kappa shape index (κ1) is 9.97. The third-order valence-electron chi connectivity index (χ3n) is 2.06. The van der Waals surface area contributed by atoms with E-state index in [4.69, 9.17) is 0 Å². The van der Waals surface area contributed by atoms with E-state index in [0.717, 1.165) is 12.7 Å². The molecule has 1 aromatic carbocycles. The molecule has 0 fully saturated rings. The van der Waals surface area contributed by atoms with E-state index in [1.165, 1.54) is 11.1 Å². The van der Waals surface area contributed by atoms with Crippen molar-refractivity contribution in [3.8, 4) is 0 Å². The van der Waals surface area contributed by atoms with Gasteiger partial charge in [-0.05, 0) is 18.9 Å². The second-order valence-electron chi connectivity index (χ2n) is 4.27. The summed E-state index contributed by atoms with van der Waals surface area (Å²) >= 11 is 0. The smallest absolute Gasteiger partial charge is 0.125 e. The van der Waals surface area contributed by atoms with Gasteiger partial charge in [-0.2, -0.15) is 0 Å². The van der Waals surface area contributed by atoms with Gasteiger partial charge in [-0.15, -0.1) is 0 Å². The highest BCUT2D eigenvalue weighted by atomic mass is 16.1. The Morgan fingerprint density at radius 2 is 2.08 bits per heavy atom. The van der Waals surface area contributed by atoms with Gasteiger partial charge in [0.1, 0.15) is 6.29 Å². The molecule has 0 unspecified atom stereocenters. The molecule has 70 valence electrons. The van der Waals surface area contributed by atoms with Crippen LogP contribution in [0.1, 0.15) is 25.0 Å². The minimum absolute atomic E-state index is 0.242. The maximum atomic E-state index is 10.7. The number of aldehydes is 1. The summed E-state index contributed by atoms with van der Waals surface area (Å²) in [6.45, 7) is 5.99. The number of carbonyl (C=O) groups excluding carboxylic acids is 1. The molecule has 0 heterocycles. The molecule has 0 bridgehead atoms. The standard InChI is InChI=1S/C12H16O/c1-10-5-4-6-11(7-10)8-12(2,3)9-13/h4-7,9H,8H2,1-3H3. The molecule has 1 rings (SSSR count). The van der Waals surface area contributed by atoms with Crippen molar-refractivity contribution >= 4 is 6.29 Å². The molecule has 1 nitrogen and oxygen atoms in total. The topological polar surface area (TPSA) is 17.1 Å². The molecule has 0 radical (unpaired) electrons. The molecule has 13 heavy (non-hydrogen) atoms. The molecule has 0 saturated heterocycles. The number of aryl methyl sites for hydroxylation is 1. The highest BCUT2D eigenvalue weighted by molar-refractivity contribution is 5.58. The molecule has 0 aliphatic carbocycles. The fourth-order valence-corrected chi connectivity index (χ4v) is 1.39. The van der Waals surface area contributed by atoms with Crippen molar-refractivity contribution in [3.63, 3.8) is 0 Å². The van der Waals surface area contributed by atoms with Gasteiger partial charge in [0.25, 0.3) is 0 Å². The van der Waals surface area contributed by atoms with E-state index >= 15 is 0 Å². The Bertz CT molecular complexity index is 300. The average Bonchev–Trinajstić information content (AvgIpc) is 2.03. The van der Waals surface area contributed by atoms with Crippen LogP contribution >= 0.6 is 0 Å². The van der Waals surface area contributed by atoms with Crippen LogP contribution in [0.15, 0.2) is 24.3 Å². The van der Waals surface area contributed by atoms with Crippen molar-refractivity contribution in [1.29, 1.82) is 0 Å². The summed E-state index contributed by atoms with van der Waals surface area (Å²) in [6, 6.07) is 8.30. The summed E-state index contributed by atoms with van der Waals surface area (Å²) in [7, 11) is 0. The maximum Gasteiger partial charge on any atom is 0.125 e. The largest absolute Gasteiger partial charge is 0.303 e. The Balaban J connectivity index is 2.80. The number of benzene rings is 1. The van der Waals surface area contributed by atoms with Crippen molar-refractivity contribution in [1.82, 2.24) is 0 Å².